The number of likely N-dealkylation sites (N-methyl/N-ethyl adjacent to an activating group) is 2. The van der Waals surface area contributed by atoms with Crippen LogP contribution in [0.15, 0.2) is 34.7 Å². The zero-order valence-corrected chi connectivity index (χ0v) is 28.2. The summed E-state index contributed by atoms with van der Waals surface area (Å²) >= 11 is 6.61. The molecule has 0 aromatic rings. The van der Waals surface area contributed by atoms with Crippen LogP contribution in [0, 0.1) is 5.41 Å². The molecular weight excluding hydrogens is 604 g/mol. The van der Waals surface area contributed by atoms with Crippen LogP contribution in [0.3, 0.4) is 0 Å². The number of rotatable bonds is 8. The summed E-state index contributed by atoms with van der Waals surface area (Å²) in [5, 5.41) is 2.80. The monoisotopic (exact) mass is 653 g/mol. The van der Waals surface area contributed by atoms with Gasteiger partial charge in [0.15, 0.2) is 0 Å². The summed E-state index contributed by atoms with van der Waals surface area (Å²) in [7, 11) is 4.00. The number of ether oxygens (including phenoxy) is 1. The highest BCUT2D eigenvalue weighted by Gasteiger charge is 2.51. The number of nitrogens with zero attached hydrogens (tertiary/aromatic N) is 4. The quantitative estimate of drug-likeness (QED) is 0.348. The Balaban J connectivity index is 1.29. The van der Waals surface area contributed by atoms with Crippen molar-refractivity contribution in [3.8, 4) is 0 Å². The zero-order chi connectivity index (χ0) is 33.0. The number of allylic oxidation sites excluding steroid dienone is 4. The Morgan fingerprint density at radius 2 is 1.76 bits per heavy atom. The Morgan fingerprint density at radius 3 is 2.36 bits per heavy atom. The second-order valence-corrected chi connectivity index (χ2v) is 14.6. The first-order valence-corrected chi connectivity index (χ1v) is 16.6. The maximum absolute atomic E-state index is 15.3. The van der Waals surface area contributed by atoms with Crippen molar-refractivity contribution in [3.05, 3.63) is 34.7 Å². The molecule has 4 rings (SSSR count). The molecule has 9 nitrogen and oxygen atoms in total. The van der Waals surface area contributed by atoms with Crippen molar-refractivity contribution in [2.45, 2.75) is 102 Å². The molecule has 3 amide bonds. The number of carbonyl (C=O) groups excluding carboxylic acids is 3. The molecule has 2 saturated heterocycles. The molecule has 1 spiro atoms. The molecule has 1 unspecified atom stereocenters. The minimum atomic E-state index is -2.98. The number of amides is 3. The van der Waals surface area contributed by atoms with Crippen LogP contribution in [0.25, 0.3) is 0 Å². The summed E-state index contributed by atoms with van der Waals surface area (Å²) in [6.45, 7) is 6.64. The fourth-order valence-electron chi connectivity index (χ4n) is 7.20. The van der Waals surface area contributed by atoms with Crippen molar-refractivity contribution < 1.29 is 27.9 Å². The van der Waals surface area contributed by atoms with Crippen molar-refractivity contribution in [2.24, 2.45) is 5.41 Å². The molecule has 2 heterocycles. The van der Waals surface area contributed by atoms with Crippen LogP contribution >= 0.6 is 11.6 Å². The van der Waals surface area contributed by atoms with Crippen LogP contribution in [0.1, 0.15) is 78.6 Å². The average Bonchev–Trinajstić information content (AvgIpc) is 3.17. The van der Waals surface area contributed by atoms with E-state index < -0.39 is 30.2 Å². The molecule has 2 aliphatic carbocycles. The van der Waals surface area contributed by atoms with Crippen LogP contribution < -0.4 is 5.32 Å². The number of hydrogen-bond donors (Lipinski definition) is 1. The van der Waals surface area contributed by atoms with Gasteiger partial charge in [-0.15, -0.1) is 0 Å². The summed E-state index contributed by atoms with van der Waals surface area (Å²) < 4.78 is 36.0. The van der Waals surface area contributed by atoms with Gasteiger partial charge in [-0.1, -0.05) is 23.8 Å². The standard InChI is InChI=1S/C33H50ClF2N5O4/c1-31(2,3)45-30(44)41-18-11-28(33(35,36)22-41)40-19-15-32(16-20-40)13-9-24(10-14-32)39(5)25-7-6-8-26(34)27(21-25)38(4)17-12-29(43)37-23-42/h7-8,21,23-24,28H,6,9-20,22H2,1-5H3,(H,37,42,43). The van der Waals surface area contributed by atoms with Gasteiger partial charge < -0.3 is 19.4 Å². The third kappa shape index (κ3) is 8.99. The van der Waals surface area contributed by atoms with E-state index in [9.17, 15) is 14.4 Å². The maximum atomic E-state index is 15.3. The molecule has 45 heavy (non-hydrogen) atoms. The highest BCUT2D eigenvalue weighted by Crippen LogP contribution is 2.47. The minimum Gasteiger partial charge on any atom is -0.444 e. The third-order valence-corrected chi connectivity index (χ3v) is 10.3. The Labute approximate surface area is 271 Å². The number of alkyl halides is 2. The van der Waals surface area contributed by atoms with E-state index in [2.05, 4.69) is 29.4 Å². The lowest BCUT2D eigenvalue weighted by atomic mass is 9.66. The second kappa shape index (κ2) is 14.4. The molecule has 2 aliphatic heterocycles. The Kier molecular flexibility index (Phi) is 11.3. The highest BCUT2D eigenvalue weighted by atomic mass is 35.5. The summed E-state index contributed by atoms with van der Waals surface area (Å²) in [6.07, 6.45) is 13.1. The van der Waals surface area contributed by atoms with Gasteiger partial charge in [-0.3, -0.25) is 19.8 Å². The van der Waals surface area contributed by atoms with Gasteiger partial charge in [0.05, 0.1) is 23.3 Å². The first kappa shape index (κ1) is 35.2. The molecule has 252 valence electrons. The SMILES string of the molecule is CN(CCC(=O)NC=O)C1=CC(N(C)C2CCC3(CC2)CCN(C2CCN(C(=O)OC(C)(C)C)CC2(F)F)CC3)=CCC=C1Cl. The minimum absolute atomic E-state index is 0.177. The third-order valence-electron chi connectivity index (χ3n) is 9.94. The van der Waals surface area contributed by atoms with E-state index in [1.54, 1.807) is 20.8 Å². The highest BCUT2D eigenvalue weighted by molar-refractivity contribution is 6.32. The molecule has 1 N–H and O–H groups in total. The Morgan fingerprint density at radius 1 is 1.09 bits per heavy atom. The molecule has 0 bridgehead atoms. The Bertz CT molecular complexity index is 1180. The molecule has 1 saturated carbocycles. The number of carbonyl (C=O) groups is 3. The van der Waals surface area contributed by atoms with Gasteiger partial charge in [0.2, 0.25) is 12.3 Å². The fourth-order valence-corrected chi connectivity index (χ4v) is 7.49. The van der Waals surface area contributed by atoms with E-state index in [1.807, 2.05) is 22.9 Å². The molecule has 0 aromatic heterocycles. The lowest BCUT2D eigenvalue weighted by Crippen LogP contribution is -2.61. The molecule has 4 aliphatic rings. The van der Waals surface area contributed by atoms with Crippen LogP contribution in [-0.4, -0.2) is 108 Å². The second-order valence-electron chi connectivity index (χ2n) is 14.1. The van der Waals surface area contributed by atoms with Gasteiger partial charge >= 0.3 is 6.09 Å². The normalized spacial score (nSPS) is 24.1. The smallest absolute Gasteiger partial charge is 0.410 e. The van der Waals surface area contributed by atoms with E-state index >= 15 is 8.78 Å². The first-order valence-electron chi connectivity index (χ1n) is 16.2. The van der Waals surface area contributed by atoms with Gasteiger partial charge in [-0.2, -0.15) is 0 Å². The van der Waals surface area contributed by atoms with E-state index in [1.165, 1.54) is 0 Å². The first-order chi connectivity index (χ1) is 21.1. The molecule has 0 aromatic carbocycles. The van der Waals surface area contributed by atoms with Crippen molar-refractivity contribution in [1.82, 2.24) is 24.9 Å². The number of likely N-dealkylation sites (tertiary alicyclic amines) is 2. The van der Waals surface area contributed by atoms with Gasteiger partial charge in [0, 0.05) is 45.3 Å². The van der Waals surface area contributed by atoms with Gasteiger partial charge in [-0.25, -0.2) is 13.6 Å². The zero-order valence-electron chi connectivity index (χ0n) is 27.4. The van der Waals surface area contributed by atoms with Crippen molar-refractivity contribution >= 4 is 30.0 Å². The Hall–Kier alpha value is -2.66. The van der Waals surface area contributed by atoms with Crippen molar-refractivity contribution in [1.29, 1.82) is 0 Å². The van der Waals surface area contributed by atoms with E-state index in [-0.39, 0.29) is 30.7 Å². The summed E-state index contributed by atoms with van der Waals surface area (Å²) in [4.78, 5) is 42.1. The van der Waals surface area contributed by atoms with Gasteiger partial charge in [0.25, 0.3) is 5.92 Å². The fraction of sp³-hybridized carbons (Fsp3) is 0.727. The summed E-state index contributed by atoms with van der Waals surface area (Å²) in [5.41, 5.74) is 1.38. The topological polar surface area (TPSA) is 85.4 Å². The molecule has 12 heteroatoms. The number of hydrogen-bond acceptors (Lipinski definition) is 7. The van der Waals surface area contributed by atoms with Crippen LogP contribution in [0.2, 0.25) is 0 Å². The lowest BCUT2D eigenvalue weighted by Gasteiger charge is -2.51. The van der Waals surface area contributed by atoms with Gasteiger partial charge in [0.1, 0.15) is 5.60 Å². The van der Waals surface area contributed by atoms with Crippen LogP contribution in [0.5, 0.6) is 0 Å². The van der Waals surface area contributed by atoms with Crippen LogP contribution in [0.4, 0.5) is 13.6 Å². The van der Waals surface area contributed by atoms with E-state index in [0.29, 0.717) is 43.5 Å². The van der Waals surface area contributed by atoms with Crippen LogP contribution in [-0.2, 0) is 14.3 Å². The van der Waals surface area contributed by atoms with E-state index in [4.69, 9.17) is 16.3 Å². The number of piperidine rings is 2. The predicted molar refractivity (Wildman–Crippen MR) is 171 cm³/mol. The molecule has 1 atom stereocenters. The molecule has 3 fully saturated rings. The summed E-state index contributed by atoms with van der Waals surface area (Å²) in [5.74, 6) is -3.31. The lowest BCUT2D eigenvalue weighted by molar-refractivity contribution is -0.135. The van der Waals surface area contributed by atoms with Crippen molar-refractivity contribution in [2.75, 3.05) is 46.8 Å². The molecule has 0 radical (unpaired) electrons. The predicted octanol–water partition coefficient (Wildman–Crippen LogP) is 5.48. The van der Waals surface area contributed by atoms with Gasteiger partial charge in [-0.05, 0) is 96.7 Å². The van der Waals surface area contributed by atoms with E-state index in [0.717, 1.165) is 54.8 Å². The number of imide groups is 1. The maximum Gasteiger partial charge on any atom is 0.410 e. The molecular formula is C33H50ClF2N5O4. The largest absolute Gasteiger partial charge is 0.444 e. The average molecular weight is 654 g/mol. The number of halogens is 3. The number of nitrogens with one attached hydrogen (secondary N) is 1. The summed E-state index contributed by atoms with van der Waals surface area (Å²) in [6, 6.07) is -0.489. The van der Waals surface area contributed by atoms with Crippen molar-refractivity contribution in [3.63, 3.8) is 0 Å².